The van der Waals surface area contributed by atoms with Crippen molar-refractivity contribution < 1.29 is 18.4 Å². The van der Waals surface area contributed by atoms with Gasteiger partial charge < -0.3 is 13.6 Å². The molecule has 45 heavy (non-hydrogen) atoms. The molecule has 0 heterocycles. The largest absolute Gasteiger partial charge is 0.466 e. The lowest BCUT2D eigenvalue weighted by Crippen LogP contribution is -2.49. The highest BCUT2D eigenvalue weighted by Gasteiger charge is 2.50. The van der Waals surface area contributed by atoms with Crippen LogP contribution in [0.5, 0.6) is 0 Å². The van der Waals surface area contributed by atoms with E-state index in [1.54, 1.807) is 11.6 Å². The van der Waals surface area contributed by atoms with Gasteiger partial charge in [-0.2, -0.15) is 0 Å². The Morgan fingerprint density at radius 1 is 0.978 bits per heavy atom. The Labute approximate surface area is 279 Å². The fourth-order valence-electron chi connectivity index (χ4n) is 7.48. The van der Waals surface area contributed by atoms with Gasteiger partial charge in [0.15, 0.2) is 16.6 Å². The summed E-state index contributed by atoms with van der Waals surface area (Å²) in [7, 11) is -2.52. The van der Waals surface area contributed by atoms with Crippen LogP contribution >= 0.6 is 0 Å². The second-order valence-electron chi connectivity index (χ2n) is 17.5. The van der Waals surface area contributed by atoms with Gasteiger partial charge in [0.05, 0.1) is 19.3 Å². The molecule has 0 bridgehead atoms. The van der Waals surface area contributed by atoms with Crippen molar-refractivity contribution in [1.29, 1.82) is 0 Å². The molecule has 4 nitrogen and oxygen atoms in total. The van der Waals surface area contributed by atoms with Crippen molar-refractivity contribution in [3.63, 3.8) is 0 Å². The molecular formula is C39H66O4Si2. The van der Waals surface area contributed by atoms with Crippen LogP contribution in [0.25, 0.3) is 0 Å². The molecule has 3 saturated carbocycles. The molecule has 0 N–H and O–H groups in total. The molecule has 0 amide bonds. The van der Waals surface area contributed by atoms with Gasteiger partial charge >= 0.3 is 5.97 Å². The van der Waals surface area contributed by atoms with Crippen molar-refractivity contribution in [3.05, 3.63) is 59.8 Å². The Morgan fingerprint density at radius 3 is 2.20 bits per heavy atom. The third kappa shape index (κ3) is 8.91. The van der Waals surface area contributed by atoms with E-state index in [2.05, 4.69) is 106 Å². The van der Waals surface area contributed by atoms with Crippen LogP contribution in [0, 0.1) is 23.2 Å². The maximum Gasteiger partial charge on any atom is 0.330 e. The minimum absolute atomic E-state index is 0.00686. The van der Waals surface area contributed by atoms with Gasteiger partial charge in [0.1, 0.15) is 0 Å². The van der Waals surface area contributed by atoms with E-state index in [0.29, 0.717) is 23.2 Å². The highest BCUT2D eigenvalue weighted by Crippen LogP contribution is 2.59. The summed E-state index contributed by atoms with van der Waals surface area (Å²) in [6, 6.07) is 0. The Bertz CT molecular complexity index is 1190. The van der Waals surface area contributed by atoms with Crippen molar-refractivity contribution in [2.75, 3.05) is 7.11 Å². The minimum atomic E-state index is -1.99. The molecule has 3 rings (SSSR count). The molecule has 6 atom stereocenters. The number of allylic oxidation sites excluding steroid dienone is 6. The summed E-state index contributed by atoms with van der Waals surface area (Å²) in [5.41, 5.74) is 4.39. The van der Waals surface area contributed by atoms with Crippen molar-refractivity contribution in [2.24, 2.45) is 23.2 Å². The van der Waals surface area contributed by atoms with E-state index in [-0.39, 0.29) is 28.3 Å². The molecule has 254 valence electrons. The maximum atomic E-state index is 11.5. The standard InChI is InChI=1S/C39H66O4Si2/c1-28(18-15-16-20-36(40)41-10)33-23-24-34-30(19-17-25-39(33,34)9)21-22-31-26-32(42-44(11,12)37(3,4)5)27-35(29(31)2)43-45(13,14)38(6,7)8/h15-16,18,20-22,28,32-35H,2,17,19,23-27H2,1,3-14H3/t28?,32?,33?,34?,35?,39-/m1/s1. The van der Waals surface area contributed by atoms with Crippen molar-refractivity contribution in [3.8, 4) is 0 Å². The number of hydrogen-bond donors (Lipinski definition) is 0. The van der Waals surface area contributed by atoms with E-state index in [4.69, 9.17) is 13.6 Å². The smallest absolute Gasteiger partial charge is 0.330 e. The van der Waals surface area contributed by atoms with Gasteiger partial charge in [-0.05, 0) is 109 Å². The van der Waals surface area contributed by atoms with Gasteiger partial charge in [-0.3, -0.25) is 0 Å². The molecule has 0 saturated heterocycles. The molecule has 0 aromatic rings. The summed E-state index contributed by atoms with van der Waals surface area (Å²) < 4.78 is 18.9. The number of fused-ring (bicyclic) bond motifs is 1. The fraction of sp³-hybridized carbons (Fsp3) is 0.718. The number of carbonyl (C=O) groups is 1. The van der Waals surface area contributed by atoms with E-state index < -0.39 is 16.6 Å². The first-order chi connectivity index (χ1) is 20.6. The highest BCUT2D eigenvalue weighted by atomic mass is 28.4. The monoisotopic (exact) mass is 654 g/mol. The Hall–Kier alpha value is -1.48. The molecule has 3 aliphatic carbocycles. The summed E-state index contributed by atoms with van der Waals surface area (Å²) in [4.78, 5) is 11.5. The van der Waals surface area contributed by atoms with Crippen molar-refractivity contribution >= 4 is 22.6 Å². The van der Waals surface area contributed by atoms with Crippen LogP contribution in [-0.2, 0) is 18.4 Å². The normalized spacial score (nSPS) is 31.3. The minimum Gasteiger partial charge on any atom is -0.466 e. The molecule has 0 spiro atoms. The van der Waals surface area contributed by atoms with E-state index in [1.165, 1.54) is 50.9 Å². The zero-order valence-corrected chi connectivity index (χ0v) is 33.1. The second kappa shape index (κ2) is 14.3. The zero-order valence-electron chi connectivity index (χ0n) is 31.1. The summed E-state index contributed by atoms with van der Waals surface area (Å²) in [6.07, 6.45) is 20.6. The first kappa shape index (κ1) is 38.0. The lowest BCUT2D eigenvalue weighted by molar-refractivity contribution is -0.134. The quantitative estimate of drug-likeness (QED) is 0.107. The molecule has 0 aromatic carbocycles. The Kier molecular flexibility index (Phi) is 12.1. The fourth-order valence-corrected chi connectivity index (χ4v) is 10.2. The van der Waals surface area contributed by atoms with E-state index in [1.807, 2.05) is 6.08 Å². The Morgan fingerprint density at radius 2 is 1.60 bits per heavy atom. The van der Waals surface area contributed by atoms with E-state index in [9.17, 15) is 4.79 Å². The number of esters is 1. The number of methoxy groups -OCH3 is 1. The summed E-state index contributed by atoms with van der Waals surface area (Å²) in [5, 5.41) is 0.306. The van der Waals surface area contributed by atoms with Crippen LogP contribution in [-0.4, -0.2) is 41.9 Å². The summed E-state index contributed by atoms with van der Waals surface area (Å²) in [6.45, 7) is 33.0. The second-order valence-corrected chi connectivity index (χ2v) is 27.0. The SMILES string of the molecule is C=C1C(=CC=C2CCC[C@@]3(C)C2CCC3C(C)C=CC=CC(=O)OC)CC(O[Si](C)(C)C(C)(C)C)CC1O[Si](C)(C)C(C)(C)C. The first-order valence-corrected chi connectivity index (χ1v) is 23.3. The van der Waals surface area contributed by atoms with Crippen LogP contribution < -0.4 is 0 Å². The van der Waals surface area contributed by atoms with Crippen LogP contribution in [0.3, 0.4) is 0 Å². The summed E-state index contributed by atoms with van der Waals surface area (Å²) in [5.74, 6) is 1.40. The lowest BCUT2D eigenvalue weighted by atomic mass is 9.61. The maximum absolute atomic E-state index is 11.5. The highest BCUT2D eigenvalue weighted by molar-refractivity contribution is 6.74. The molecule has 5 unspecified atom stereocenters. The predicted octanol–water partition coefficient (Wildman–Crippen LogP) is 11.1. The van der Waals surface area contributed by atoms with Gasteiger partial charge in [-0.25, -0.2) is 4.79 Å². The summed E-state index contributed by atoms with van der Waals surface area (Å²) >= 11 is 0. The average Bonchev–Trinajstić information content (AvgIpc) is 3.27. The Balaban J connectivity index is 1.88. The third-order valence-corrected chi connectivity index (χ3v) is 21.4. The van der Waals surface area contributed by atoms with Crippen molar-refractivity contribution in [2.45, 2.75) is 149 Å². The van der Waals surface area contributed by atoms with E-state index >= 15 is 0 Å². The third-order valence-electron chi connectivity index (χ3n) is 12.4. The van der Waals surface area contributed by atoms with Gasteiger partial charge in [0, 0.05) is 12.5 Å². The van der Waals surface area contributed by atoms with Crippen LogP contribution in [0.2, 0.25) is 36.3 Å². The number of hydrogen-bond acceptors (Lipinski definition) is 4. The van der Waals surface area contributed by atoms with Crippen LogP contribution in [0.1, 0.15) is 100 Å². The van der Waals surface area contributed by atoms with E-state index in [0.717, 1.165) is 18.4 Å². The average molecular weight is 655 g/mol. The number of rotatable bonds is 9. The molecule has 3 aliphatic rings. The molecule has 3 fully saturated rings. The van der Waals surface area contributed by atoms with Gasteiger partial charge in [0.25, 0.3) is 0 Å². The first-order valence-electron chi connectivity index (χ1n) is 17.5. The van der Waals surface area contributed by atoms with Gasteiger partial charge in [-0.1, -0.05) is 97.9 Å². The molecular weight excluding hydrogens is 589 g/mol. The van der Waals surface area contributed by atoms with Crippen LogP contribution in [0.4, 0.5) is 0 Å². The number of ether oxygens (including phenoxy) is 1. The predicted molar refractivity (Wildman–Crippen MR) is 196 cm³/mol. The molecule has 0 aromatic heterocycles. The molecule has 6 heteroatoms. The van der Waals surface area contributed by atoms with Crippen molar-refractivity contribution in [1.82, 2.24) is 0 Å². The molecule has 0 aliphatic heterocycles. The van der Waals surface area contributed by atoms with Crippen LogP contribution in [0.15, 0.2) is 59.8 Å². The zero-order chi connectivity index (χ0) is 34.0. The van der Waals surface area contributed by atoms with Gasteiger partial charge in [-0.15, -0.1) is 0 Å². The number of carbonyl (C=O) groups excluding carboxylic acids is 1. The topological polar surface area (TPSA) is 44.8 Å². The lowest BCUT2D eigenvalue weighted by Gasteiger charge is -2.45. The van der Waals surface area contributed by atoms with Gasteiger partial charge in [0.2, 0.25) is 0 Å². The molecule has 0 radical (unpaired) electrons.